The van der Waals surface area contributed by atoms with Crippen LogP contribution in [-0.4, -0.2) is 42.1 Å². The van der Waals surface area contributed by atoms with Gasteiger partial charge in [0.2, 0.25) is 11.8 Å². The highest BCUT2D eigenvalue weighted by Gasteiger charge is 2.33. The first kappa shape index (κ1) is 24.4. The number of nitrogens with zero attached hydrogens (tertiary/aromatic N) is 1. The fraction of sp³-hybridized carbons (Fsp3) is 0.286. The summed E-state index contributed by atoms with van der Waals surface area (Å²) in [6, 6.07) is 8.70. The molecule has 0 fully saturated rings. The molecule has 2 aromatic rings. The summed E-state index contributed by atoms with van der Waals surface area (Å²) in [7, 11) is 1.53. The van der Waals surface area contributed by atoms with Crippen molar-refractivity contribution in [3.05, 3.63) is 58.6 Å². The lowest BCUT2D eigenvalue weighted by atomic mass is 10.1. The largest absolute Gasteiger partial charge is 0.417 e. The minimum absolute atomic E-state index is 0.0576. The van der Waals surface area contributed by atoms with Gasteiger partial charge < -0.3 is 10.6 Å². The number of Topliss-reactive ketones (excluding diaryl/α,β-unsaturated/α-hetero) is 1. The highest BCUT2D eigenvalue weighted by Crippen LogP contribution is 2.36. The molecule has 0 heterocycles. The van der Waals surface area contributed by atoms with E-state index in [1.165, 1.54) is 24.9 Å². The molecule has 0 bridgehead atoms. The molecule has 2 amide bonds. The zero-order valence-corrected chi connectivity index (χ0v) is 17.8. The van der Waals surface area contributed by atoms with Crippen LogP contribution in [0.15, 0.2) is 42.5 Å². The molecular weight excluding hydrogens is 435 g/mol. The van der Waals surface area contributed by atoms with Crippen LogP contribution >= 0.6 is 11.6 Å². The van der Waals surface area contributed by atoms with Crippen molar-refractivity contribution in [2.24, 2.45) is 0 Å². The molecule has 0 saturated heterocycles. The number of halogens is 4. The first-order valence-electron chi connectivity index (χ1n) is 9.17. The molecule has 1 atom stereocenters. The summed E-state index contributed by atoms with van der Waals surface area (Å²) < 4.78 is 38.8. The fourth-order valence-electron chi connectivity index (χ4n) is 2.62. The van der Waals surface area contributed by atoms with Crippen LogP contribution in [0, 0.1) is 0 Å². The van der Waals surface area contributed by atoms with Crippen LogP contribution in [0.5, 0.6) is 0 Å². The maximum absolute atomic E-state index is 12.9. The Hall–Kier alpha value is -2.91. The van der Waals surface area contributed by atoms with Crippen molar-refractivity contribution >= 4 is 40.6 Å². The molecule has 0 aliphatic heterocycles. The first-order valence-corrected chi connectivity index (χ1v) is 9.55. The predicted octanol–water partition coefficient (Wildman–Crippen LogP) is 4.46. The molecule has 0 aromatic heterocycles. The molecular formula is C21H21ClF3N3O3. The summed E-state index contributed by atoms with van der Waals surface area (Å²) in [5, 5.41) is 4.58. The Morgan fingerprint density at radius 2 is 1.61 bits per heavy atom. The number of hydrogen-bond donors (Lipinski definition) is 2. The van der Waals surface area contributed by atoms with Gasteiger partial charge in [0.25, 0.3) is 0 Å². The number of benzene rings is 2. The van der Waals surface area contributed by atoms with Crippen LogP contribution in [0.1, 0.15) is 29.8 Å². The number of nitrogens with one attached hydrogen (secondary N) is 2. The summed E-state index contributed by atoms with van der Waals surface area (Å²) in [5.41, 5.74) is -0.113. The first-order chi connectivity index (χ1) is 14.4. The second-order valence-corrected chi connectivity index (χ2v) is 7.36. The van der Waals surface area contributed by atoms with E-state index in [0.29, 0.717) is 11.3 Å². The Balaban J connectivity index is 1.95. The quantitative estimate of drug-likeness (QED) is 0.604. The molecule has 2 aromatic carbocycles. The van der Waals surface area contributed by atoms with Gasteiger partial charge in [-0.2, -0.15) is 13.2 Å². The summed E-state index contributed by atoms with van der Waals surface area (Å²) in [6.07, 6.45) is -4.65. The summed E-state index contributed by atoms with van der Waals surface area (Å²) >= 11 is 5.57. The van der Waals surface area contributed by atoms with E-state index in [0.717, 1.165) is 12.1 Å². The predicted molar refractivity (Wildman–Crippen MR) is 112 cm³/mol. The van der Waals surface area contributed by atoms with Crippen LogP contribution in [0.2, 0.25) is 5.02 Å². The van der Waals surface area contributed by atoms with Gasteiger partial charge in [-0.15, -0.1) is 0 Å². The van der Waals surface area contributed by atoms with E-state index in [2.05, 4.69) is 10.6 Å². The van der Waals surface area contributed by atoms with E-state index >= 15 is 0 Å². The zero-order chi connectivity index (χ0) is 23.3. The van der Waals surface area contributed by atoms with Gasteiger partial charge in [0.1, 0.15) is 0 Å². The molecule has 0 radical (unpaired) electrons. The highest BCUT2D eigenvalue weighted by atomic mass is 35.5. The number of anilines is 2. The topological polar surface area (TPSA) is 78.5 Å². The molecule has 2 rings (SSSR count). The number of rotatable bonds is 7. The lowest BCUT2D eigenvalue weighted by Crippen LogP contribution is -2.43. The molecule has 2 N–H and O–H groups in total. The Morgan fingerprint density at radius 1 is 1.03 bits per heavy atom. The fourth-order valence-corrected chi connectivity index (χ4v) is 2.84. The molecule has 0 saturated carbocycles. The minimum Gasteiger partial charge on any atom is -0.325 e. The van der Waals surface area contributed by atoms with E-state index in [4.69, 9.17) is 11.6 Å². The number of likely N-dealkylation sites (N-methyl/N-ethyl adjacent to an activating group) is 1. The van der Waals surface area contributed by atoms with Crippen molar-refractivity contribution in [2.45, 2.75) is 26.1 Å². The van der Waals surface area contributed by atoms with Gasteiger partial charge in [0.05, 0.1) is 23.2 Å². The molecule has 6 nitrogen and oxygen atoms in total. The number of amides is 2. The number of ketones is 1. The standard InChI is InChI=1S/C21H21ClF3N3O3/c1-12(20(31)27-15-6-4-14(5-7-15)13(2)29)28(3)11-19(30)26-16-8-9-18(22)17(10-16)21(23,24)25/h4-10,12H,11H2,1-3H3,(H,26,30)(H,27,31). The van der Waals surface area contributed by atoms with Crippen LogP contribution in [0.25, 0.3) is 0 Å². The van der Waals surface area contributed by atoms with E-state index in [1.807, 2.05) is 0 Å². The van der Waals surface area contributed by atoms with Gasteiger partial charge in [-0.05, 0) is 63.4 Å². The Labute approximate surface area is 182 Å². The lowest BCUT2D eigenvalue weighted by molar-refractivity contribution is -0.137. The van der Waals surface area contributed by atoms with E-state index in [-0.39, 0.29) is 18.0 Å². The van der Waals surface area contributed by atoms with Crippen LogP contribution in [0.4, 0.5) is 24.5 Å². The van der Waals surface area contributed by atoms with Crippen molar-refractivity contribution in [1.82, 2.24) is 4.90 Å². The molecule has 1 unspecified atom stereocenters. The second kappa shape index (κ2) is 9.93. The SMILES string of the molecule is CC(=O)c1ccc(NC(=O)C(C)N(C)CC(=O)Nc2ccc(Cl)c(C(F)(F)F)c2)cc1. The Bertz CT molecular complexity index is 978. The van der Waals surface area contributed by atoms with Gasteiger partial charge in [-0.1, -0.05) is 11.6 Å². The van der Waals surface area contributed by atoms with Crippen molar-refractivity contribution in [3.8, 4) is 0 Å². The summed E-state index contributed by atoms with van der Waals surface area (Å²) in [5.74, 6) is -1.08. The second-order valence-electron chi connectivity index (χ2n) is 6.95. The third kappa shape index (κ3) is 6.80. The normalized spacial score (nSPS) is 12.4. The number of carbonyl (C=O) groups excluding carboxylic acids is 3. The zero-order valence-electron chi connectivity index (χ0n) is 17.0. The average Bonchev–Trinajstić information content (AvgIpc) is 2.68. The summed E-state index contributed by atoms with van der Waals surface area (Å²) in [6.45, 7) is 2.78. The van der Waals surface area contributed by atoms with Crippen LogP contribution in [0.3, 0.4) is 0 Å². The maximum atomic E-state index is 12.9. The average molecular weight is 456 g/mol. The number of alkyl halides is 3. The van der Waals surface area contributed by atoms with Gasteiger partial charge >= 0.3 is 6.18 Å². The molecule has 31 heavy (non-hydrogen) atoms. The third-order valence-electron chi connectivity index (χ3n) is 4.55. The van der Waals surface area contributed by atoms with Gasteiger partial charge in [0, 0.05) is 16.9 Å². The third-order valence-corrected chi connectivity index (χ3v) is 4.88. The van der Waals surface area contributed by atoms with Crippen LogP contribution in [-0.2, 0) is 15.8 Å². The van der Waals surface area contributed by atoms with Crippen molar-refractivity contribution < 1.29 is 27.6 Å². The van der Waals surface area contributed by atoms with Crippen molar-refractivity contribution in [3.63, 3.8) is 0 Å². The van der Waals surface area contributed by atoms with E-state index in [9.17, 15) is 27.6 Å². The number of hydrogen-bond acceptors (Lipinski definition) is 4. The molecule has 0 aliphatic carbocycles. The van der Waals surface area contributed by atoms with Crippen molar-refractivity contribution in [2.75, 3.05) is 24.2 Å². The monoisotopic (exact) mass is 455 g/mol. The number of carbonyl (C=O) groups is 3. The summed E-state index contributed by atoms with van der Waals surface area (Å²) in [4.78, 5) is 37.4. The van der Waals surface area contributed by atoms with Gasteiger partial charge in [-0.25, -0.2) is 0 Å². The Morgan fingerprint density at radius 3 is 2.16 bits per heavy atom. The lowest BCUT2D eigenvalue weighted by Gasteiger charge is -2.23. The maximum Gasteiger partial charge on any atom is 0.417 e. The molecule has 166 valence electrons. The molecule has 10 heteroatoms. The highest BCUT2D eigenvalue weighted by molar-refractivity contribution is 6.31. The van der Waals surface area contributed by atoms with Crippen LogP contribution < -0.4 is 10.6 Å². The van der Waals surface area contributed by atoms with E-state index in [1.54, 1.807) is 31.2 Å². The molecule has 0 spiro atoms. The smallest absolute Gasteiger partial charge is 0.325 e. The van der Waals surface area contributed by atoms with Gasteiger partial charge in [0.15, 0.2) is 5.78 Å². The minimum atomic E-state index is -4.65. The van der Waals surface area contributed by atoms with E-state index < -0.39 is 34.6 Å². The van der Waals surface area contributed by atoms with Crippen molar-refractivity contribution in [1.29, 1.82) is 0 Å². The van der Waals surface area contributed by atoms with Gasteiger partial charge in [-0.3, -0.25) is 19.3 Å². The molecule has 0 aliphatic rings. The Kier molecular flexibility index (Phi) is 7.80.